The summed E-state index contributed by atoms with van der Waals surface area (Å²) in [5.74, 6) is 3.07. The first-order valence-corrected chi connectivity index (χ1v) is 18.2. The minimum Gasteiger partial charge on any atom is -0.509 e. The van der Waals surface area contributed by atoms with E-state index in [-0.39, 0.29) is 31.9 Å². The van der Waals surface area contributed by atoms with Crippen molar-refractivity contribution in [2.24, 2.45) is 5.92 Å². The number of pyridine rings is 1. The van der Waals surface area contributed by atoms with Crippen LogP contribution in [0.3, 0.4) is 0 Å². The van der Waals surface area contributed by atoms with Crippen LogP contribution in [-0.2, 0) is 38.3 Å². The molecule has 0 saturated heterocycles. The number of hydrogen-bond donors (Lipinski definition) is 0. The number of allylic oxidation sites excluding steroid dienone is 2. The monoisotopic (exact) mass is 857 g/mol. The molecular formula is C45H50N4OPt. The van der Waals surface area contributed by atoms with Crippen LogP contribution in [0.15, 0.2) is 78.5 Å². The summed E-state index contributed by atoms with van der Waals surface area (Å²) in [6.07, 6.45) is 7.60. The maximum Gasteiger partial charge on any atom is 2.00 e. The molecule has 1 unspecified atom stereocenters. The van der Waals surface area contributed by atoms with Crippen molar-refractivity contribution in [1.82, 2.24) is 19.3 Å². The topological polar surface area (TPSA) is 44.9 Å². The van der Waals surface area contributed by atoms with Crippen molar-refractivity contribution in [1.29, 1.82) is 0 Å². The molecule has 2 atom stereocenters. The molecule has 0 fully saturated rings. The molecule has 0 saturated carbocycles. The zero-order valence-electron chi connectivity index (χ0n) is 31.7. The first kappa shape index (κ1) is 36.8. The van der Waals surface area contributed by atoms with Gasteiger partial charge in [0.1, 0.15) is 5.82 Å². The number of para-hydroxylation sites is 1. The van der Waals surface area contributed by atoms with Crippen LogP contribution in [0, 0.1) is 25.0 Å². The first-order chi connectivity index (χ1) is 23.7. The van der Waals surface area contributed by atoms with Gasteiger partial charge < -0.3 is 9.30 Å². The summed E-state index contributed by atoms with van der Waals surface area (Å²) in [7, 11) is 0. The normalized spacial score (nSPS) is 16.7. The van der Waals surface area contributed by atoms with Crippen molar-refractivity contribution in [2.45, 2.75) is 105 Å². The molecule has 0 bridgehead atoms. The number of ether oxygens (including phenoxy) is 1. The Morgan fingerprint density at radius 1 is 0.882 bits per heavy atom. The maximum absolute atomic E-state index is 6.73. The summed E-state index contributed by atoms with van der Waals surface area (Å²) in [6, 6.07) is 28.5. The summed E-state index contributed by atoms with van der Waals surface area (Å²) in [4.78, 5) is 4.79. The van der Waals surface area contributed by atoms with Crippen LogP contribution >= 0.6 is 0 Å². The number of fused-ring (bicyclic) bond motifs is 3. The number of aryl methyl sites for hydroxylation is 2. The maximum atomic E-state index is 6.73. The number of aromatic nitrogens is 4. The van der Waals surface area contributed by atoms with Crippen LogP contribution in [0.4, 0.5) is 0 Å². The number of benzene rings is 3. The Labute approximate surface area is 318 Å². The molecule has 6 aromatic rings. The van der Waals surface area contributed by atoms with Gasteiger partial charge in [0.05, 0.1) is 11.4 Å². The molecule has 5 nitrogen and oxygen atoms in total. The van der Waals surface area contributed by atoms with E-state index in [1.54, 1.807) is 0 Å². The summed E-state index contributed by atoms with van der Waals surface area (Å²) >= 11 is 0. The fourth-order valence-corrected chi connectivity index (χ4v) is 7.86. The summed E-state index contributed by atoms with van der Waals surface area (Å²) < 4.78 is 11.1. The van der Waals surface area contributed by atoms with Gasteiger partial charge in [-0.05, 0) is 79.3 Å². The predicted octanol–water partition coefficient (Wildman–Crippen LogP) is 11.7. The second-order valence-electron chi connectivity index (χ2n) is 16.3. The van der Waals surface area contributed by atoms with Crippen molar-refractivity contribution in [3.05, 3.63) is 119 Å². The fraction of sp³-hybridized carbons (Fsp3) is 0.378. The smallest absolute Gasteiger partial charge is 0.509 e. The average Bonchev–Trinajstić information content (AvgIpc) is 3.59. The van der Waals surface area contributed by atoms with Gasteiger partial charge in [-0.3, -0.25) is 4.68 Å². The molecule has 266 valence electrons. The van der Waals surface area contributed by atoms with Crippen LogP contribution in [0.1, 0.15) is 109 Å². The second kappa shape index (κ2) is 13.9. The van der Waals surface area contributed by atoms with Gasteiger partial charge in [0.25, 0.3) is 0 Å². The standard InChI is InChI=1S/C45H50N4O.Pt/c1-11-31-21-22-46-40(23-31)48-38-18-13-12-17-36(38)37-20-19-34(27-39(37)48)50-35-25-32(44(5,6)7)24-33(26-35)49-43(45(8,9)10)42(30(4)47-49)41-28(2)15-14-16-29(41)3;/h12-13,15,17-25,29,41H,11,14,16H2,1-10H3;/q-2;+2/t29-,41?;/m0./s1. The van der Waals surface area contributed by atoms with Gasteiger partial charge in [0.15, 0.2) is 0 Å². The van der Waals surface area contributed by atoms with E-state index in [4.69, 9.17) is 14.8 Å². The Bertz CT molecular complexity index is 2260. The number of rotatable bonds is 6. The molecule has 7 rings (SSSR count). The van der Waals surface area contributed by atoms with Gasteiger partial charge in [0.2, 0.25) is 0 Å². The molecule has 0 N–H and O–H groups in total. The molecule has 3 aromatic heterocycles. The van der Waals surface area contributed by atoms with Gasteiger partial charge in [-0.1, -0.05) is 90.8 Å². The van der Waals surface area contributed by atoms with E-state index < -0.39 is 0 Å². The van der Waals surface area contributed by atoms with E-state index in [0.29, 0.717) is 23.3 Å². The van der Waals surface area contributed by atoms with Gasteiger partial charge in [-0.15, -0.1) is 41.3 Å². The summed E-state index contributed by atoms with van der Waals surface area (Å²) in [5, 5.41) is 7.54. The van der Waals surface area contributed by atoms with Crippen molar-refractivity contribution < 1.29 is 25.8 Å². The third kappa shape index (κ3) is 6.87. The van der Waals surface area contributed by atoms with Gasteiger partial charge in [-0.25, -0.2) is 4.98 Å². The largest absolute Gasteiger partial charge is 2.00 e. The van der Waals surface area contributed by atoms with E-state index in [1.165, 1.54) is 28.8 Å². The van der Waals surface area contributed by atoms with E-state index in [1.807, 2.05) is 12.3 Å². The molecule has 1 aliphatic carbocycles. The van der Waals surface area contributed by atoms with Gasteiger partial charge in [-0.2, -0.15) is 11.2 Å². The molecule has 3 aromatic carbocycles. The first-order valence-electron chi connectivity index (χ1n) is 18.2. The third-order valence-electron chi connectivity index (χ3n) is 10.4. The molecule has 0 radical (unpaired) electrons. The Morgan fingerprint density at radius 3 is 2.35 bits per heavy atom. The third-order valence-corrected chi connectivity index (χ3v) is 10.4. The Hall–Kier alpha value is -3.95. The Morgan fingerprint density at radius 2 is 1.65 bits per heavy atom. The van der Waals surface area contributed by atoms with Crippen molar-refractivity contribution >= 4 is 21.8 Å². The van der Waals surface area contributed by atoms with Crippen LogP contribution in [0.25, 0.3) is 33.3 Å². The zero-order chi connectivity index (χ0) is 35.5. The van der Waals surface area contributed by atoms with Crippen molar-refractivity contribution in [3.8, 4) is 23.0 Å². The number of hydrogen-bond acceptors (Lipinski definition) is 3. The SMILES string of the molecule is CCc1ccnc(-n2c3[c-]c(Oc4[c-]c(-n5nc(C)c(C6C(C)=CCC[C@@H]6C)c5C(C)(C)C)cc(C(C)(C)C)c4)ccc3c3ccccc32)c1.[Pt+2]. The summed E-state index contributed by atoms with van der Waals surface area (Å²) in [5.41, 5.74) is 10.2. The van der Waals surface area contributed by atoms with E-state index in [2.05, 4.69) is 151 Å². The quantitative estimate of drug-likeness (QED) is 0.124. The molecule has 0 spiro atoms. The number of nitrogens with zero attached hydrogens (tertiary/aromatic N) is 4. The molecule has 51 heavy (non-hydrogen) atoms. The second-order valence-corrected chi connectivity index (χ2v) is 16.3. The van der Waals surface area contributed by atoms with Crippen LogP contribution in [0.2, 0.25) is 0 Å². The summed E-state index contributed by atoms with van der Waals surface area (Å²) in [6.45, 7) is 22.7. The van der Waals surface area contributed by atoms with E-state index >= 15 is 0 Å². The fourth-order valence-electron chi connectivity index (χ4n) is 7.86. The van der Waals surface area contributed by atoms with Crippen molar-refractivity contribution in [2.75, 3.05) is 0 Å². The Balaban J connectivity index is 0.00000448. The van der Waals surface area contributed by atoms with Gasteiger partial charge in [0, 0.05) is 40.1 Å². The molecule has 3 heterocycles. The van der Waals surface area contributed by atoms with Crippen LogP contribution in [0.5, 0.6) is 11.5 Å². The van der Waals surface area contributed by atoms with Gasteiger partial charge >= 0.3 is 21.1 Å². The van der Waals surface area contributed by atoms with Crippen LogP contribution in [-0.4, -0.2) is 19.3 Å². The molecular weight excluding hydrogens is 808 g/mol. The Kier molecular flexibility index (Phi) is 10.0. The average molecular weight is 858 g/mol. The van der Waals surface area contributed by atoms with E-state index in [9.17, 15) is 0 Å². The van der Waals surface area contributed by atoms with E-state index in [0.717, 1.165) is 57.4 Å². The predicted molar refractivity (Wildman–Crippen MR) is 206 cm³/mol. The molecule has 0 aliphatic heterocycles. The molecule has 6 heteroatoms. The minimum atomic E-state index is -0.143. The minimum absolute atomic E-state index is 0. The molecule has 0 amide bonds. The zero-order valence-corrected chi connectivity index (χ0v) is 34.0. The van der Waals surface area contributed by atoms with Crippen molar-refractivity contribution in [3.63, 3.8) is 0 Å². The van der Waals surface area contributed by atoms with Crippen LogP contribution < -0.4 is 4.74 Å². The molecule has 1 aliphatic rings.